The van der Waals surface area contributed by atoms with E-state index in [1.165, 1.54) is 4.52 Å². The molecule has 2 N–H and O–H groups in total. The number of rotatable bonds is 1. The first kappa shape index (κ1) is 10.9. The highest BCUT2D eigenvalue weighted by Crippen LogP contribution is 2.24. The summed E-state index contributed by atoms with van der Waals surface area (Å²) >= 11 is 6.06. The maximum atomic E-state index is 11.4. The predicted octanol–water partition coefficient (Wildman–Crippen LogP) is 1.34. The van der Waals surface area contributed by atoms with Crippen molar-refractivity contribution in [3.8, 4) is 0 Å². The van der Waals surface area contributed by atoms with Gasteiger partial charge in [0.25, 0.3) is 5.91 Å². The zero-order valence-corrected chi connectivity index (χ0v) is 10.1. The Balaban J connectivity index is 2.61. The van der Waals surface area contributed by atoms with Gasteiger partial charge in [-0.25, -0.2) is 14.5 Å². The second kappa shape index (κ2) is 3.64. The van der Waals surface area contributed by atoms with Gasteiger partial charge < -0.3 is 5.73 Å². The minimum Gasteiger partial charge on any atom is -0.365 e. The topological polar surface area (TPSA) is 86.2 Å². The number of pyridine rings is 2. The number of halogens is 1. The molecule has 0 unspecified atom stereocenters. The van der Waals surface area contributed by atoms with Crippen molar-refractivity contribution >= 4 is 34.1 Å². The summed E-state index contributed by atoms with van der Waals surface area (Å²) in [5, 5.41) is 5.26. The van der Waals surface area contributed by atoms with Crippen molar-refractivity contribution in [2.45, 2.75) is 6.92 Å². The molecule has 18 heavy (non-hydrogen) atoms. The Labute approximate surface area is 106 Å². The first-order valence-corrected chi connectivity index (χ1v) is 5.56. The van der Waals surface area contributed by atoms with Gasteiger partial charge in [-0.2, -0.15) is 5.10 Å². The molecule has 0 bridgehead atoms. The van der Waals surface area contributed by atoms with Crippen molar-refractivity contribution in [3.63, 3.8) is 0 Å². The molecule has 0 aliphatic carbocycles. The number of fused-ring (bicyclic) bond motifs is 3. The van der Waals surface area contributed by atoms with Crippen LogP contribution < -0.4 is 5.73 Å². The molecule has 90 valence electrons. The molecule has 1 amide bonds. The number of nitrogens with two attached hydrogens (primary N) is 1. The summed E-state index contributed by atoms with van der Waals surface area (Å²) in [6, 6.07) is 3.39. The molecule has 3 aromatic heterocycles. The highest BCUT2D eigenvalue weighted by molar-refractivity contribution is 6.34. The van der Waals surface area contributed by atoms with E-state index in [9.17, 15) is 4.79 Å². The van der Waals surface area contributed by atoms with Crippen molar-refractivity contribution in [3.05, 3.63) is 34.9 Å². The van der Waals surface area contributed by atoms with Crippen molar-refractivity contribution < 1.29 is 4.79 Å². The van der Waals surface area contributed by atoms with Crippen molar-refractivity contribution in [2.75, 3.05) is 0 Å². The van der Waals surface area contributed by atoms with E-state index in [4.69, 9.17) is 17.3 Å². The lowest BCUT2D eigenvalue weighted by atomic mass is 10.2. The number of amides is 1. The van der Waals surface area contributed by atoms with E-state index in [1.807, 2.05) is 0 Å². The highest BCUT2D eigenvalue weighted by atomic mass is 35.5. The van der Waals surface area contributed by atoms with Gasteiger partial charge >= 0.3 is 0 Å². The number of nitrogens with zero attached hydrogens (tertiary/aromatic N) is 4. The largest absolute Gasteiger partial charge is 0.365 e. The third-order valence-corrected chi connectivity index (χ3v) is 2.92. The molecular formula is C11H8ClN5O. The second-order valence-corrected chi connectivity index (χ2v) is 4.21. The third-order valence-electron chi connectivity index (χ3n) is 2.64. The van der Waals surface area contributed by atoms with E-state index in [-0.39, 0.29) is 0 Å². The van der Waals surface area contributed by atoms with Gasteiger partial charge in [0.05, 0.1) is 5.56 Å². The number of carbonyl (C=O) groups is 1. The molecule has 0 aliphatic rings. The van der Waals surface area contributed by atoms with Crippen LogP contribution in [0.2, 0.25) is 5.15 Å². The standard InChI is InChI=1S/C11H8ClN5O/c1-5-15-11-7(10(13)18)4-6-2-3-14-9(12)8(6)17(11)16-5/h2-4H,1H3,(H2,13,18). The molecule has 3 rings (SSSR count). The van der Waals surface area contributed by atoms with Gasteiger partial charge in [0.15, 0.2) is 10.8 Å². The number of aromatic nitrogens is 4. The Hall–Kier alpha value is -2.21. The molecule has 0 spiro atoms. The number of hydrogen-bond donors (Lipinski definition) is 1. The van der Waals surface area contributed by atoms with Crippen LogP contribution in [-0.2, 0) is 0 Å². The van der Waals surface area contributed by atoms with Gasteiger partial charge in [-0.1, -0.05) is 11.6 Å². The van der Waals surface area contributed by atoms with Crippen molar-refractivity contribution in [1.29, 1.82) is 0 Å². The molecule has 3 heterocycles. The number of hydrogen-bond acceptors (Lipinski definition) is 4. The molecule has 0 aromatic carbocycles. The quantitative estimate of drug-likeness (QED) is 0.670. The molecule has 0 radical (unpaired) electrons. The van der Waals surface area contributed by atoms with Crippen LogP contribution in [0.5, 0.6) is 0 Å². The summed E-state index contributed by atoms with van der Waals surface area (Å²) in [5.41, 5.74) is 6.66. The summed E-state index contributed by atoms with van der Waals surface area (Å²) in [6.07, 6.45) is 1.56. The summed E-state index contributed by atoms with van der Waals surface area (Å²) in [6.45, 7) is 1.73. The average molecular weight is 262 g/mol. The van der Waals surface area contributed by atoms with E-state index in [1.54, 1.807) is 25.3 Å². The first-order valence-electron chi connectivity index (χ1n) is 5.18. The number of carbonyl (C=O) groups excluding carboxylic acids is 1. The lowest BCUT2D eigenvalue weighted by molar-refractivity contribution is 0.100. The molecule has 0 fully saturated rings. The fraction of sp³-hybridized carbons (Fsp3) is 0.0909. The summed E-state index contributed by atoms with van der Waals surface area (Å²) in [5.74, 6) is -0.0212. The second-order valence-electron chi connectivity index (χ2n) is 3.86. The van der Waals surface area contributed by atoms with Crippen LogP contribution in [-0.4, -0.2) is 25.5 Å². The molecule has 0 saturated heterocycles. The normalized spacial score (nSPS) is 11.2. The smallest absolute Gasteiger partial charge is 0.252 e. The lowest BCUT2D eigenvalue weighted by Gasteiger charge is -2.05. The van der Waals surface area contributed by atoms with Crippen molar-refractivity contribution in [2.24, 2.45) is 5.73 Å². The van der Waals surface area contributed by atoms with E-state index in [0.717, 1.165) is 5.39 Å². The van der Waals surface area contributed by atoms with Crippen molar-refractivity contribution in [1.82, 2.24) is 19.6 Å². The maximum absolute atomic E-state index is 11.4. The van der Waals surface area contributed by atoms with Crippen LogP contribution in [0.15, 0.2) is 18.3 Å². The van der Waals surface area contributed by atoms with Gasteiger partial charge in [-0.05, 0) is 19.1 Å². The molecule has 3 aromatic rings. The Bertz CT molecular complexity index is 795. The predicted molar refractivity (Wildman–Crippen MR) is 66.6 cm³/mol. The van der Waals surface area contributed by atoms with Gasteiger partial charge in [0, 0.05) is 11.6 Å². The minimum atomic E-state index is -0.553. The van der Waals surface area contributed by atoms with E-state index >= 15 is 0 Å². The Morgan fingerprint density at radius 1 is 1.50 bits per heavy atom. The third kappa shape index (κ3) is 1.42. The summed E-state index contributed by atoms with van der Waals surface area (Å²) in [4.78, 5) is 19.6. The van der Waals surface area contributed by atoms with E-state index < -0.39 is 5.91 Å². The van der Waals surface area contributed by atoms with Crippen LogP contribution in [0, 0.1) is 6.92 Å². The molecule has 0 saturated carbocycles. The van der Waals surface area contributed by atoms with Crippen LogP contribution in [0.4, 0.5) is 0 Å². The van der Waals surface area contributed by atoms with Gasteiger partial charge in [0.2, 0.25) is 0 Å². The molecule has 0 atom stereocenters. The Morgan fingerprint density at radius 2 is 2.28 bits per heavy atom. The fourth-order valence-corrected chi connectivity index (χ4v) is 2.16. The summed E-state index contributed by atoms with van der Waals surface area (Å²) < 4.78 is 1.50. The zero-order valence-electron chi connectivity index (χ0n) is 9.38. The zero-order chi connectivity index (χ0) is 12.9. The first-order chi connectivity index (χ1) is 8.58. The molecule has 0 aliphatic heterocycles. The van der Waals surface area contributed by atoms with Crippen LogP contribution in [0.1, 0.15) is 16.2 Å². The molecule has 7 heteroatoms. The molecule has 6 nitrogen and oxygen atoms in total. The summed E-state index contributed by atoms with van der Waals surface area (Å²) in [7, 11) is 0. The van der Waals surface area contributed by atoms with Crippen LogP contribution in [0.25, 0.3) is 16.6 Å². The maximum Gasteiger partial charge on any atom is 0.252 e. The van der Waals surface area contributed by atoms with Gasteiger partial charge in [0.1, 0.15) is 11.3 Å². The SMILES string of the molecule is Cc1nc2c(C(N)=O)cc3ccnc(Cl)c3n2n1. The lowest BCUT2D eigenvalue weighted by Crippen LogP contribution is -2.13. The number of primary amides is 1. The van der Waals surface area contributed by atoms with Crippen LogP contribution >= 0.6 is 11.6 Å². The molecular weight excluding hydrogens is 254 g/mol. The minimum absolute atomic E-state index is 0.304. The van der Waals surface area contributed by atoms with E-state index in [0.29, 0.717) is 27.7 Å². The average Bonchev–Trinajstić information content (AvgIpc) is 2.68. The van der Waals surface area contributed by atoms with Gasteiger partial charge in [-0.15, -0.1) is 0 Å². The Kier molecular flexibility index (Phi) is 2.21. The van der Waals surface area contributed by atoms with Crippen LogP contribution in [0.3, 0.4) is 0 Å². The highest BCUT2D eigenvalue weighted by Gasteiger charge is 2.16. The van der Waals surface area contributed by atoms with Gasteiger partial charge in [-0.3, -0.25) is 4.79 Å². The fourth-order valence-electron chi connectivity index (χ4n) is 1.91. The Morgan fingerprint density at radius 3 is 3.00 bits per heavy atom. The van der Waals surface area contributed by atoms with E-state index in [2.05, 4.69) is 15.1 Å². The number of aryl methyl sites for hydroxylation is 1. The monoisotopic (exact) mass is 261 g/mol.